The summed E-state index contributed by atoms with van der Waals surface area (Å²) in [5.74, 6) is 1.86. The highest BCUT2D eigenvalue weighted by molar-refractivity contribution is 5.94. The maximum absolute atomic E-state index is 12.6. The lowest BCUT2D eigenvalue weighted by Gasteiger charge is -2.31. The number of methoxy groups -OCH3 is 2. The van der Waals surface area contributed by atoms with Crippen LogP contribution in [0.2, 0.25) is 0 Å². The van der Waals surface area contributed by atoms with E-state index in [1.165, 1.54) is 0 Å². The van der Waals surface area contributed by atoms with Crippen LogP contribution in [0.3, 0.4) is 0 Å². The van der Waals surface area contributed by atoms with Gasteiger partial charge in [-0.15, -0.1) is 0 Å². The molecule has 0 aliphatic carbocycles. The Bertz CT molecular complexity index is 907. The van der Waals surface area contributed by atoms with E-state index in [1.807, 2.05) is 29.2 Å². The Morgan fingerprint density at radius 2 is 1.71 bits per heavy atom. The normalized spacial score (nSPS) is 14.1. The van der Waals surface area contributed by atoms with E-state index < -0.39 is 0 Å². The fourth-order valence-corrected chi connectivity index (χ4v) is 3.70. The van der Waals surface area contributed by atoms with Gasteiger partial charge in [0.2, 0.25) is 5.91 Å². The molecule has 0 atom stereocenters. The van der Waals surface area contributed by atoms with Gasteiger partial charge in [0.15, 0.2) is 11.5 Å². The third-order valence-corrected chi connectivity index (χ3v) is 5.48. The number of carbonyl (C=O) groups is 2. The third kappa shape index (κ3) is 5.90. The third-order valence-electron chi connectivity index (χ3n) is 5.48. The number of rotatable bonds is 8. The Morgan fingerprint density at radius 3 is 2.39 bits per heavy atom. The lowest BCUT2D eigenvalue weighted by atomic mass is 10.1. The van der Waals surface area contributed by atoms with E-state index >= 15 is 0 Å². The minimum atomic E-state index is -0.172. The number of hydrogen-bond donors (Lipinski definition) is 1. The van der Waals surface area contributed by atoms with Crippen molar-refractivity contribution in [3.8, 4) is 17.2 Å². The molecule has 1 saturated heterocycles. The quantitative estimate of drug-likeness (QED) is 0.702. The number of amides is 2. The topological polar surface area (TPSA) is 77.1 Å². The molecule has 0 saturated carbocycles. The number of carbonyl (C=O) groups excluding carboxylic acids is 2. The van der Waals surface area contributed by atoms with Gasteiger partial charge in [-0.1, -0.05) is 18.2 Å². The molecule has 1 aliphatic heterocycles. The van der Waals surface area contributed by atoms with Crippen LogP contribution < -0.4 is 19.5 Å². The van der Waals surface area contributed by atoms with Crippen molar-refractivity contribution in [1.82, 2.24) is 10.2 Å². The van der Waals surface area contributed by atoms with Crippen LogP contribution in [-0.4, -0.2) is 56.7 Å². The molecule has 1 heterocycles. The molecule has 2 amide bonds. The zero-order valence-electron chi connectivity index (χ0n) is 18.3. The molecule has 1 N–H and O–H groups in total. The van der Waals surface area contributed by atoms with Crippen molar-refractivity contribution in [1.29, 1.82) is 0 Å². The molecule has 0 aromatic heterocycles. The molecular formula is C24H30N2O5. The van der Waals surface area contributed by atoms with Crippen molar-refractivity contribution in [3.05, 3.63) is 53.6 Å². The second kappa shape index (κ2) is 10.7. The van der Waals surface area contributed by atoms with Crippen molar-refractivity contribution < 1.29 is 23.8 Å². The Morgan fingerprint density at radius 1 is 1.00 bits per heavy atom. The Kier molecular flexibility index (Phi) is 7.76. The van der Waals surface area contributed by atoms with E-state index in [0.29, 0.717) is 43.1 Å². The molecule has 2 aromatic carbocycles. The van der Waals surface area contributed by atoms with Gasteiger partial charge in [-0.3, -0.25) is 9.59 Å². The molecule has 166 valence electrons. The summed E-state index contributed by atoms with van der Waals surface area (Å²) in [6, 6.07) is 13.0. The number of ether oxygens (including phenoxy) is 3. The second-order valence-electron chi connectivity index (χ2n) is 7.51. The lowest BCUT2D eigenvalue weighted by molar-refractivity contribution is -0.130. The summed E-state index contributed by atoms with van der Waals surface area (Å²) in [5.41, 5.74) is 1.55. The van der Waals surface area contributed by atoms with E-state index in [0.717, 1.165) is 24.2 Å². The van der Waals surface area contributed by atoms with Crippen molar-refractivity contribution in [3.63, 3.8) is 0 Å². The molecule has 7 nitrogen and oxygen atoms in total. The standard InChI is InChI=1S/C24H30N2O5/c1-17(27)26-14-11-20(12-15-26)31-22-9-8-19(16-23(22)30-3)24(28)25-13-10-18-6-4-5-7-21(18)29-2/h4-9,16,20H,10-15H2,1-3H3,(H,25,28). The summed E-state index contributed by atoms with van der Waals surface area (Å²) in [4.78, 5) is 25.9. The first-order chi connectivity index (χ1) is 15.0. The average molecular weight is 427 g/mol. The summed E-state index contributed by atoms with van der Waals surface area (Å²) in [5, 5.41) is 2.94. The maximum atomic E-state index is 12.6. The van der Waals surface area contributed by atoms with Gasteiger partial charge in [-0.25, -0.2) is 0 Å². The van der Waals surface area contributed by atoms with Crippen LogP contribution in [0.15, 0.2) is 42.5 Å². The van der Waals surface area contributed by atoms with Crippen molar-refractivity contribution in [2.45, 2.75) is 32.3 Å². The molecule has 1 aliphatic rings. The van der Waals surface area contributed by atoms with E-state index in [9.17, 15) is 9.59 Å². The molecule has 31 heavy (non-hydrogen) atoms. The van der Waals surface area contributed by atoms with Crippen molar-refractivity contribution in [2.75, 3.05) is 33.9 Å². The highest BCUT2D eigenvalue weighted by atomic mass is 16.5. The Hall–Kier alpha value is -3.22. The molecule has 0 radical (unpaired) electrons. The molecule has 2 aromatic rings. The monoisotopic (exact) mass is 426 g/mol. The Labute approximate surface area is 183 Å². The van der Waals surface area contributed by atoms with Gasteiger partial charge in [0.25, 0.3) is 5.91 Å². The number of nitrogens with zero attached hydrogens (tertiary/aromatic N) is 1. The average Bonchev–Trinajstić information content (AvgIpc) is 2.79. The van der Waals surface area contributed by atoms with E-state index in [-0.39, 0.29) is 17.9 Å². The second-order valence-corrected chi connectivity index (χ2v) is 7.51. The minimum Gasteiger partial charge on any atom is -0.496 e. The molecule has 0 unspecified atom stereocenters. The maximum Gasteiger partial charge on any atom is 0.251 e. The number of benzene rings is 2. The number of para-hydroxylation sites is 1. The zero-order chi connectivity index (χ0) is 22.2. The first-order valence-electron chi connectivity index (χ1n) is 10.5. The van der Waals surface area contributed by atoms with E-state index in [4.69, 9.17) is 14.2 Å². The van der Waals surface area contributed by atoms with Gasteiger partial charge in [0.05, 0.1) is 14.2 Å². The van der Waals surface area contributed by atoms with Gasteiger partial charge in [-0.05, 0) is 36.2 Å². The van der Waals surface area contributed by atoms with Crippen LogP contribution >= 0.6 is 0 Å². The van der Waals surface area contributed by atoms with Gasteiger partial charge < -0.3 is 24.4 Å². The predicted octanol–water partition coefficient (Wildman–Crippen LogP) is 3.07. The highest BCUT2D eigenvalue weighted by Gasteiger charge is 2.23. The first-order valence-corrected chi connectivity index (χ1v) is 10.5. The minimum absolute atomic E-state index is 0.0185. The van der Waals surface area contributed by atoms with Crippen LogP contribution in [0.5, 0.6) is 17.2 Å². The van der Waals surface area contributed by atoms with Crippen LogP contribution in [-0.2, 0) is 11.2 Å². The van der Waals surface area contributed by atoms with E-state index in [2.05, 4.69) is 5.32 Å². The molecule has 0 bridgehead atoms. The summed E-state index contributed by atoms with van der Waals surface area (Å²) in [6.45, 7) is 3.46. The van der Waals surface area contributed by atoms with Gasteiger partial charge in [0.1, 0.15) is 11.9 Å². The first kappa shape index (κ1) is 22.5. The highest BCUT2D eigenvalue weighted by Crippen LogP contribution is 2.30. The van der Waals surface area contributed by atoms with Crippen LogP contribution in [0.4, 0.5) is 0 Å². The fraction of sp³-hybridized carbons (Fsp3) is 0.417. The van der Waals surface area contributed by atoms with Crippen LogP contribution in [0.25, 0.3) is 0 Å². The summed E-state index contributed by atoms with van der Waals surface area (Å²) in [6.07, 6.45) is 2.24. The number of hydrogen-bond acceptors (Lipinski definition) is 5. The van der Waals surface area contributed by atoms with Crippen LogP contribution in [0.1, 0.15) is 35.7 Å². The summed E-state index contributed by atoms with van der Waals surface area (Å²) < 4.78 is 16.9. The van der Waals surface area contributed by atoms with Crippen molar-refractivity contribution in [2.24, 2.45) is 0 Å². The number of piperidine rings is 1. The predicted molar refractivity (Wildman–Crippen MR) is 118 cm³/mol. The molecule has 7 heteroatoms. The van der Waals surface area contributed by atoms with Crippen LogP contribution in [0, 0.1) is 0 Å². The number of likely N-dealkylation sites (tertiary alicyclic amines) is 1. The lowest BCUT2D eigenvalue weighted by Crippen LogP contribution is -2.40. The smallest absolute Gasteiger partial charge is 0.251 e. The van der Waals surface area contributed by atoms with Gasteiger partial charge >= 0.3 is 0 Å². The molecular weight excluding hydrogens is 396 g/mol. The van der Waals surface area contributed by atoms with Gasteiger partial charge in [0, 0.05) is 45.0 Å². The number of nitrogens with one attached hydrogen (secondary N) is 1. The molecule has 0 spiro atoms. The summed E-state index contributed by atoms with van der Waals surface area (Å²) in [7, 11) is 3.20. The van der Waals surface area contributed by atoms with Gasteiger partial charge in [-0.2, -0.15) is 0 Å². The fourth-order valence-electron chi connectivity index (χ4n) is 3.70. The Balaban J connectivity index is 1.56. The summed E-state index contributed by atoms with van der Waals surface area (Å²) >= 11 is 0. The van der Waals surface area contributed by atoms with Crippen molar-refractivity contribution >= 4 is 11.8 Å². The molecule has 3 rings (SSSR count). The zero-order valence-corrected chi connectivity index (χ0v) is 18.3. The van der Waals surface area contributed by atoms with E-state index in [1.54, 1.807) is 39.3 Å². The molecule has 1 fully saturated rings. The largest absolute Gasteiger partial charge is 0.496 e. The SMILES string of the molecule is COc1ccccc1CCNC(=O)c1ccc(OC2CCN(C(C)=O)CC2)c(OC)c1.